The highest BCUT2D eigenvalue weighted by Gasteiger charge is 2.53. The summed E-state index contributed by atoms with van der Waals surface area (Å²) < 4.78 is 14.9. The van der Waals surface area contributed by atoms with Gasteiger partial charge in [0.25, 0.3) is 13.4 Å². The number of para-hydroxylation sites is 2. The minimum atomic E-state index is -0.204. The number of furan rings is 2. The van der Waals surface area contributed by atoms with Gasteiger partial charge in [-0.25, -0.2) is 0 Å². The number of benzene rings is 14. The third-order valence-corrected chi connectivity index (χ3v) is 35.4. The van der Waals surface area contributed by atoms with Gasteiger partial charge in [-0.3, -0.25) is 0 Å². The zero-order valence-electron chi connectivity index (χ0n) is 93.5. The summed E-state index contributed by atoms with van der Waals surface area (Å²) in [5, 5.41) is 3.01. The molecule has 0 bridgehead atoms. The molecule has 10 heteroatoms. The van der Waals surface area contributed by atoms with Crippen LogP contribution >= 0.6 is 11.6 Å². The van der Waals surface area contributed by atoms with Crippen LogP contribution < -0.4 is 57.7 Å². The lowest BCUT2D eigenvalue weighted by atomic mass is 9.35. The third-order valence-electron chi connectivity index (χ3n) is 35.2. The summed E-state index contributed by atoms with van der Waals surface area (Å²) in [5.74, 6) is 0. The molecule has 2 aromatic heterocycles. The maximum absolute atomic E-state index is 7.55. The van der Waals surface area contributed by atoms with E-state index < -0.39 is 0 Å². The van der Waals surface area contributed by atoms with Gasteiger partial charge in [0.2, 0.25) is 0 Å². The Hall–Kier alpha value is -12.4. The van der Waals surface area contributed by atoms with Gasteiger partial charge < -0.3 is 33.3 Å². The number of fused-ring (bicyclic) bond motifs is 18. The van der Waals surface area contributed by atoms with Crippen molar-refractivity contribution in [2.75, 3.05) is 24.5 Å². The number of aryl methyl sites for hydroxylation is 2. The van der Waals surface area contributed by atoms with Crippen LogP contribution in [0, 0.1) is 13.8 Å². The molecule has 24 rings (SSSR count). The molecule has 0 amide bonds. The molecule has 0 spiro atoms. The monoisotopic (exact) mass is 1950 g/mol. The van der Waals surface area contributed by atoms with E-state index in [2.05, 4.69) is 513 Å². The van der Waals surface area contributed by atoms with Crippen molar-refractivity contribution in [1.29, 1.82) is 0 Å². The van der Waals surface area contributed by atoms with E-state index in [0.29, 0.717) is 5.02 Å². The van der Waals surface area contributed by atoms with Crippen molar-refractivity contribution < 1.29 is 8.83 Å². The van der Waals surface area contributed by atoms with E-state index in [9.17, 15) is 0 Å². The van der Waals surface area contributed by atoms with E-state index in [4.69, 9.17) is 20.4 Å². The zero-order valence-corrected chi connectivity index (χ0v) is 94.3. The summed E-state index contributed by atoms with van der Waals surface area (Å²) in [4.78, 5) is 12.8. The van der Waals surface area contributed by atoms with Gasteiger partial charge in [-0.1, -0.05) is 377 Å². The molecule has 5 aliphatic heterocycles. The Labute approximate surface area is 883 Å². The lowest BCUT2D eigenvalue weighted by Crippen LogP contribution is -2.61. The SMILES string of the molecule is CC1(C)c2ccccc2Cc2ccccc21.Cc1cc2c(cc1N1c3cc(Cl)cc4c3B(c3cc(C(C)(C)C)ccc3N4c3ccc(C(C)(C)C)cc3)c3oc4ccc(C(C)(C)C)cc4c31)C(C)(C)CCC2(C)C.Cc1cc2c(cc1N1c3cc(N4c5ccccc5C(C)(C)c5ccccc54)cc4c3B(c3cc(C(C)(C)C)ccc3N4c3ccc(C(C)(C)C)cc3)c3oc4ccc(C(C)(C)C)cc4c31)C(C)(C)CCC2(C)C. The smallest absolute Gasteiger partial charge is 0.297 e. The Kier molecular flexibility index (Phi) is 22.8. The molecule has 0 radical (unpaired) electrons. The van der Waals surface area contributed by atoms with Crippen LogP contribution in [0.4, 0.5) is 85.3 Å². The quantitative estimate of drug-likeness (QED) is 0.159. The van der Waals surface area contributed by atoms with E-state index >= 15 is 0 Å². The maximum Gasteiger partial charge on any atom is 0.297 e. The molecule has 16 aromatic rings. The Balaban J connectivity index is 0.000000147. The van der Waals surface area contributed by atoms with Gasteiger partial charge in [0.05, 0.1) is 39.8 Å². The van der Waals surface area contributed by atoms with Crippen LogP contribution in [-0.4, -0.2) is 13.4 Å². The van der Waals surface area contributed by atoms with E-state index in [1.54, 1.807) is 0 Å². The van der Waals surface area contributed by atoms with Gasteiger partial charge >= 0.3 is 0 Å². The molecular weight excluding hydrogens is 1800 g/mol. The molecule has 7 nitrogen and oxygen atoms in total. The topological polar surface area (TPSA) is 42.5 Å². The maximum atomic E-state index is 7.55. The van der Waals surface area contributed by atoms with Crippen molar-refractivity contribution in [3.05, 3.63) is 372 Å². The van der Waals surface area contributed by atoms with Crippen molar-refractivity contribution in [3.63, 3.8) is 0 Å². The summed E-state index contributed by atoms with van der Waals surface area (Å²) in [6, 6.07) is 102. The van der Waals surface area contributed by atoms with Crippen LogP contribution in [0.3, 0.4) is 0 Å². The Morgan fingerprint density at radius 3 is 0.918 bits per heavy atom. The normalized spacial score (nSPS) is 17.0. The Morgan fingerprint density at radius 2 is 0.551 bits per heavy atom. The fourth-order valence-corrected chi connectivity index (χ4v) is 26.2. The zero-order chi connectivity index (χ0) is 105. The molecular formula is C137H150B2ClN5O2. The summed E-state index contributed by atoms with van der Waals surface area (Å²) in [5.41, 5.74) is 50.9. The number of halogens is 1. The van der Waals surface area contributed by atoms with Gasteiger partial charge in [-0.05, 0) is 331 Å². The first-order valence-electron chi connectivity index (χ1n) is 54.2. The second-order valence-electron chi connectivity index (χ2n) is 54.2. The summed E-state index contributed by atoms with van der Waals surface area (Å²) in [6.07, 6.45) is 5.70. The number of anilines is 15. The number of rotatable bonds is 5. The first-order valence-corrected chi connectivity index (χ1v) is 54.6. The van der Waals surface area contributed by atoms with E-state index in [1.165, 1.54) is 168 Å². The third kappa shape index (κ3) is 16.2. The van der Waals surface area contributed by atoms with Crippen LogP contribution in [0.1, 0.15) is 334 Å². The Morgan fingerprint density at radius 1 is 0.259 bits per heavy atom. The second-order valence-corrected chi connectivity index (χ2v) is 54.6. The first-order chi connectivity index (χ1) is 68.9. The largest absolute Gasteiger partial charge is 0.468 e. The fraction of sp³-hybridized carbons (Fsp3) is 0.358. The first kappa shape index (κ1) is 99.2. The van der Waals surface area contributed by atoms with Crippen LogP contribution in [0.5, 0.6) is 0 Å². The average molecular weight is 1960 g/mol. The highest BCUT2D eigenvalue weighted by atomic mass is 35.5. The molecule has 7 heterocycles. The van der Waals surface area contributed by atoms with Crippen LogP contribution in [0.25, 0.3) is 21.9 Å². The Bertz CT molecular complexity index is 7980. The van der Waals surface area contributed by atoms with Crippen LogP contribution in [0.2, 0.25) is 5.02 Å². The number of hydrogen-bond donors (Lipinski definition) is 0. The molecule has 147 heavy (non-hydrogen) atoms. The van der Waals surface area contributed by atoms with Crippen molar-refractivity contribution >= 4 is 165 Å². The summed E-state index contributed by atoms with van der Waals surface area (Å²) >= 11 is 7.40. The molecule has 0 saturated carbocycles. The molecule has 0 saturated heterocycles. The van der Waals surface area contributed by atoms with Gasteiger partial charge in [0, 0.05) is 83.5 Å². The van der Waals surface area contributed by atoms with Gasteiger partial charge in [0.1, 0.15) is 11.2 Å². The predicted molar refractivity (Wildman–Crippen MR) is 632 cm³/mol. The average Bonchev–Trinajstić information content (AvgIpc) is 1.65. The van der Waals surface area contributed by atoms with Gasteiger partial charge in [0.15, 0.2) is 0 Å². The second kappa shape index (κ2) is 33.8. The van der Waals surface area contributed by atoms with Crippen LogP contribution in [-0.2, 0) is 71.4 Å². The highest BCUT2D eigenvalue weighted by molar-refractivity contribution is 7.01. The minimum Gasteiger partial charge on any atom is -0.468 e. The standard InChI is InChI=1S/C68H74BN3O.C53H60BClN2O.C16H16/c1-41-35-50-51(67(13,14)34-33-66(50,11)12)40-56(41)72-58-39-46(71-53-23-19-17-21-48(53)68(15,16)49-22-18-20-24-54(49)71)38-57-60(58)69(62-61(72)47-36-43(64(5,6)7)28-32-59(47)73-62)52-37-44(65(8,9)10)27-31-55(52)70(57)45-29-25-42(26-30-45)63(2,3)4;1-31-25-38-39(53(13,14)24-23-52(38,11)12)30-42(31)57-44-29-35(55)28-43-46(44)54(48-47(57)37-26-33(50(5,6)7)18-22-45(37)58-48)40-27-34(51(8,9)10)17-21-41(40)56(43)36-19-15-32(16-20-36)49(2,3)4;1-16(2)14-9-5-3-7-12(14)11-13-8-4-6-10-15(13)16/h17-32,35-40H,33-34H2,1-16H3;15-22,25-30H,23-24H2,1-14H3;3-10H,11H2,1-2H3. The molecule has 3 aliphatic carbocycles. The lowest BCUT2D eigenvalue weighted by Gasteiger charge is -2.46. The molecule has 0 unspecified atom stereocenters. The lowest BCUT2D eigenvalue weighted by molar-refractivity contribution is 0.332. The van der Waals surface area contributed by atoms with Gasteiger partial charge in [-0.15, -0.1) is 0 Å². The van der Waals surface area contributed by atoms with E-state index in [1.807, 2.05) is 0 Å². The molecule has 0 atom stereocenters. The highest BCUT2D eigenvalue weighted by Crippen LogP contribution is 2.60. The van der Waals surface area contributed by atoms with Crippen molar-refractivity contribution in [2.45, 2.75) is 319 Å². The predicted octanol–water partition coefficient (Wildman–Crippen LogP) is 34.8. The molecule has 748 valence electrons. The number of hydrogen-bond acceptors (Lipinski definition) is 7. The van der Waals surface area contributed by atoms with E-state index in [0.717, 1.165) is 104 Å². The van der Waals surface area contributed by atoms with Crippen molar-refractivity contribution in [2.24, 2.45) is 0 Å². The minimum absolute atomic E-state index is 0.0000616. The summed E-state index contributed by atoms with van der Waals surface area (Å²) in [6.45, 7) is 74.8. The van der Waals surface area contributed by atoms with Crippen molar-refractivity contribution in [1.82, 2.24) is 0 Å². The van der Waals surface area contributed by atoms with Gasteiger partial charge in [-0.2, -0.15) is 0 Å². The van der Waals surface area contributed by atoms with Crippen molar-refractivity contribution in [3.8, 4) is 0 Å². The van der Waals surface area contributed by atoms with Crippen LogP contribution in [0.15, 0.2) is 276 Å². The summed E-state index contributed by atoms with van der Waals surface area (Å²) in [7, 11) is 0. The molecule has 0 fully saturated rings. The number of nitrogens with zero attached hydrogens (tertiary/aromatic N) is 5. The molecule has 8 aliphatic rings. The fourth-order valence-electron chi connectivity index (χ4n) is 26.0. The molecule has 0 N–H and O–H groups in total. The van der Waals surface area contributed by atoms with E-state index in [-0.39, 0.29) is 78.4 Å². The molecule has 14 aromatic carbocycles.